The Morgan fingerprint density at radius 3 is 2.71 bits per heavy atom. The first-order chi connectivity index (χ1) is 6.66. The maximum absolute atomic E-state index is 5.50. The summed E-state index contributed by atoms with van der Waals surface area (Å²) in [6.45, 7) is 13.9. The molecule has 1 N–H and O–H groups in total. The van der Waals surface area contributed by atoms with Crippen LogP contribution in [-0.2, 0) is 4.74 Å². The molecule has 0 unspecified atom stereocenters. The lowest BCUT2D eigenvalue weighted by Crippen LogP contribution is -2.18. The SMILES string of the molecule is C=C(CNCC)COCCCC(C)C. The molecule has 0 fully saturated rings. The summed E-state index contributed by atoms with van der Waals surface area (Å²) >= 11 is 0. The number of hydrogen-bond donors (Lipinski definition) is 1. The van der Waals surface area contributed by atoms with Crippen LogP contribution in [0, 0.1) is 5.92 Å². The van der Waals surface area contributed by atoms with E-state index in [1.807, 2.05) is 0 Å². The van der Waals surface area contributed by atoms with Gasteiger partial charge in [0.2, 0.25) is 0 Å². The summed E-state index contributed by atoms with van der Waals surface area (Å²) in [5.74, 6) is 0.781. The Morgan fingerprint density at radius 2 is 2.14 bits per heavy atom. The van der Waals surface area contributed by atoms with Crippen molar-refractivity contribution in [2.75, 3.05) is 26.3 Å². The van der Waals surface area contributed by atoms with Gasteiger partial charge in [0, 0.05) is 13.2 Å². The summed E-state index contributed by atoms with van der Waals surface area (Å²) in [5.41, 5.74) is 1.14. The minimum Gasteiger partial charge on any atom is -0.377 e. The normalized spacial score (nSPS) is 10.9. The summed E-state index contributed by atoms with van der Waals surface area (Å²) in [7, 11) is 0. The Morgan fingerprint density at radius 1 is 1.43 bits per heavy atom. The van der Waals surface area contributed by atoms with E-state index in [-0.39, 0.29) is 0 Å². The maximum Gasteiger partial charge on any atom is 0.0686 e. The zero-order chi connectivity index (χ0) is 10.8. The van der Waals surface area contributed by atoms with E-state index in [1.54, 1.807) is 0 Å². The fourth-order valence-corrected chi connectivity index (χ4v) is 1.16. The summed E-state index contributed by atoms with van der Waals surface area (Å²) in [6, 6.07) is 0. The predicted octanol–water partition coefficient (Wildman–Crippen LogP) is 2.60. The Labute approximate surface area is 88.7 Å². The van der Waals surface area contributed by atoms with Crippen LogP contribution in [0.25, 0.3) is 0 Å². The third-order valence-corrected chi connectivity index (χ3v) is 2.00. The fourth-order valence-electron chi connectivity index (χ4n) is 1.16. The molecule has 0 atom stereocenters. The highest BCUT2D eigenvalue weighted by molar-refractivity contribution is 4.96. The molecule has 2 nitrogen and oxygen atoms in total. The molecule has 0 aromatic rings. The molecular formula is C12H25NO. The largest absolute Gasteiger partial charge is 0.377 e. The van der Waals surface area contributed by atoms with E-state index in [0.717, 1.165) is 37.6 Å². The lowest BCUT2D eigenvalue weighted by molar-refractivity contribution is 0.147. The Bertz CT molecular complexity index is 143. The van der Waals surface area contributed by atoms with Crippen molar-refractivity contribution in [3.05, 3.63) is 12.2 Å². The van der Waals surface area contributed by atoms with Crippen LogP contribution in [-0.4, -0.2) is 26.3 Å². The molecule has 0 aliphatic rings. The van der Waals surface area contributed by atoms with Gasteiger partial charge in [0.25, 0.3) is 0 Å². The van der Waals surface area contributed by atoms with Crippen molar-refractivity contribution >= 4 is 0 Å². The number of nitrogens with one attached hydrogen (secondary N) is 1. The van der Waals surface area contributed by atoms with Gasteiger partial charge in [-0.2, -0.15) is 0 Å². The van der Waals surface area contributed by atoms with Gasteiger partial charge in [-0.1, -0.05) is 27.4 Å². The molecule has 0 saturated carbocycles. The van der Waals surface area contributed by atoms with Crippen LogP contribution in [0.15, 0.2) is 12.2 Å². The smallest absolute Gasteiger partial charge is 0.0686 e. The highest BCUT2D eigenvalue weighted by Crippen LogP contribution is 2.03. The van der Waals surface area contributed by atoms with Crippen LogP contribution in [0.1, 0.15) is 33.6 Å². The molecule has 0 radical (unpaired) electrons. The predicted molar refractivity (Wildman–Crippen MR) is 62.6 cm³/mol. The second kappa shape index (κ2) is 9.22. The van der Waals surface area contributed by atoms with Crippen molar-refractivity contribution in [2.45, 2.75) is 33.6 Å². The van der Waals surface area contributed by atoms with Gasteiger partial charge in [0.05, 0.1) is 6.61 Å². The second-order valence-corrected chi connectivity index (χ2v) is 4.12. The van der Waals surface area contributed by atoms with Crippen LogP contribution < -0.4 is 5.32 Å². The van der Waals surface area contributed by atoms with Crippen molar-refractivity contribution in [3.8, 4) is 0 Å². The zero-order valence-electron chi connectivity index (χ0n) is 9.94. The quantitative estimate of drug-likeness (QED) is 0.455. The average Bonchev–Trinajstić information content (AvgIpc) is 2.13. The van der Waals surface area contributed by atoms with E-state index < -0.39 is 0 Å². The average molecular weight is 199 g/mol. The van der Waals surface area contributed by atoms with Crippen LogP contribution in [0.4, 0.5) is 0 Å². The molecule has 14 heavy (non-hydrogen) atoms. The van der Waals surface area contributed by atoms with Gasteiger partial charge in [0.1, 0.15) is 0 Å². The first kappa shape index (κ1) is 13.7. The van der Waals surface area contributed by atoms with Crippen molar-refractivity contribution in [1.29, 1.82) is 0 Å². The highest BCUT2D eigenvalue weighted by atomic mass is 16.5. The van der Waals surface area contributed by atoms with Gasteiger partial charge in [-0.3, -0.25) is 0 Å². The molecule has 2 heteroatoms. The van der Waals surface area contributed by atoms with Crippen LogP contribution >= 0.6 is 0 Å². The molecule has 0 heterocycles. The number of hydrogen-bond acceptors (Lipinski definition) is 2. The monoisotopic (exact) mass is 199 g/mol. The summed E-state index contributed by atoms with van der Waals surface area (Å²) in [6.07, 6.45) is 2.41. The standard InChI is InChI=1S/C12H25NO/c1-5-13-9-12(4)10-14-8-6-7-11(2)3/h11,13H,4-10H2,1-3H3. The minimum atomic E-state index is 0.699. The third-order valence-electron chi connectivity index (χ3n) is 2.00. The van der Waals surface area contributed by atoms with Crippen LogP contribution in [0.5, 0.6) is 0 Å². The van der Waals surface area contributed by atoms with E-state index in [0.29, 0.717) is 6.61 Å². The number of likely N-dealkylation sites (N-methyl/N-ethyl adjacent to an activating group) is 1. The first-order valence-corrected chi connectivity index (χ1v) is 5.62. The van der Waals surface area contributed by atoms with Crippen LogP contribution in [0.3, 0.4) is 0 Å². The van der Waals surface area contributed by atoms with Crippen molar-refractivity contribution < 1.29 is 4.74 Å². The minimum absolute atomic E-state index is 0.699. The van der Waals surface area contributed by atoms with Gasteiger partial charge in [-0.05, 0) is 30.9 Å². The molecule has 84 valence electrons. The molecule has 0 spiro atoms. The molecule has 0 aliphatic carbocycles. The maximum atomic E-state index is 5.50. The molecular weight excluding hydrogens is 174 g/mol. The van der Waals surface area contributed by atoms with Gasteiger partial charge >= 0.3 is 0 Å². The first-order valence-electron chi connectivity index (χ1n) is 5.62. The third kappa shape index (κ3) is 9.75. The zero-order valence-corrected chi connectivity index (χ0v) is 9.94. The second-order valence-electron chi connectivity index (χ2n) is 4.12. The highest BCUT2D eigenvalue weighted by Gasteiger charge is 1.96. The number of rotatable bonds is 9. The molecule has 0 saturated heterocycles. The Kier molecular flexibility index (Phi) is 9.00. The molecule has 0 bridgehead atoms. The van der Waals surface area contributed by atoms with E-state index in [2.05, 4.69) is 32.7 Å². The van der Waals surface area contributed by atoms with E-state index >= 15 is 0 Å². The van der Waals surface area contributed by atoms with E-state index in [1.165, 1.54) is 6.42 Å². The Balaban J connectivity index is 3.15. The van der Waals surface area contributed by atoms with E-state index in [9.17, 15) is 0 Å². The fraction of sp³-hybridized carbons (Fsp3) is 0.833. The van der Waals surface area contributed by atoms with Crippen LogP contribution in [0.2, 0.25) is 0 Å². The lowest BCUT2D eigenvalue weighted by Gasteiger charge is -2.08. The topological polar surface area (TPSA) is 21.3 Å². The van der Waals surface area contributed by atoms with Crippen molar-refractivity contribution in [1.82, 2.24) is 5.32 Å². The summed E-state index contributed by atoms with van der Waals surface area (Å²) < 4.78 is 5.50. The summed E-state index contributed by atoms with van der Waals surface area (Å²) in [4.78, 5) is 0. The molecule has 0 amide bonds. The molecule has 0 aliphatic heterocycles. The summed E-state index contributed by atoms with van der Waals surface area (Å²) in [5, 5.41) is 3.23. The lowest BCUT2D eigenvalue weighted by atomic mass is 10.1. The molecule has 0 aromatic heterocycles. The van der Waals surface area contributed by atoms with Gasteiger partial charge < -0.3 is 10.1 Å². The number of ether oxygens (including phenoxy) is 1. The van der Waals surface area contributed by atoms with Crippen molar-refractivity contribution in [2.24, 2.45) is 5.92 Å². The van der Waals surface area contributed by atoms with Gasteiger partial charge in [-0.15, -0.1) is 0 Å². The van der Waals surface area contributed by atoms with Crippen molar-refractivity contribution in [3.63, 3.8) is 0 Å². The molecule has 0 rings (SSSR count). The molecule has 0 aromatic carbocycles. The van der Waals surface area contributed by atoms with E-state index in [4.69, 9.17) is 4.74 Å². The Hall–Kier alpha value is -0.340. The van der Waals surface area contributed by atoms with Gasteiger partial charge in [0.15, 0.2) is 0 Å². The van der Waals surface area contributed by atoms with Gasteiger partial charge in [-0.25, -0.2) is 0 Å².